The summed E-state index contributed by atoms with van der Waals surface area (Å²) in [4.78, 5) is 11.9. The number of piperazine rings is 1. The first-order valence-corrected chi connectivity index (χ1v) is 8.32. The van der Waals surface area contributed by atoms with E-state index in [0.29, 0.717) is 6.04 Å². The molecule has 0 aliphatic carbocycles. The minimum Gasteiger partial charge on any atom is -0.361 e. The minimum absolute atomic E-state index is 0.695. The molecule has 0 N–H and O–H groups in total. The van der Waals surface area contributed by atoms with Crippen molar-refractivity contribution < 1.29 is 4.52 Å². The summed E-state index contributed by atoms with van der Waals surface area (Å²) < 4.78 is 5.13. The predicted molar refractivity (Wildman–Crippen MR) is 88.3 cm³/mol. The molecule has 0 aromatic carbocycles. The highest BCUT2D eigenvalue weighted by molar-refractivity contribution is 5.38. The van der Waals surface area contributed by atoms with Crippen LogP contribution in [0.5, 0.6) is 0 Å². The van der Waals surface area contributed by atoms with Gasteiger partial charge < -0.3 is 9.42 Å². The fourth-order valence-corrected chi connectivity index (χ4v) is 3.47. The van der Waals surface area contributed by atoms with Crippen LogP contribution in [0.2, 0.25) is 0 Å². The molecule has 0 unspecified atom stereocenters. The largest absolute Gasteiger partial charge is 0.361 e. The molecule has 23 heavy (non-hydrogen) atoms. The Hall–Kier alpha value is -1.92. The van der Waals surface area contributed by atoms with E-state index in [-0.39, 0.29) is 0 Å². The van der Waals surface area contributed by atoms with Gasteiger partial charge in [-0.15, -0.1) is 0 Å². The van der Waals surface area contributed by atoms with Gasteiger partial charge in [0.05, 0.1) is 6.20 Å². The van der Waals surface area contributed by atoms with E-state index in [9.17, 15) is 0 Å². The lowest BCUT2D eigenvalue weighted by atomic mass is 10.0. The van der Waals surface area contributed by atoms with Gasteiger partial charge in [-0.1, -0.05) is 11.2 Å². The van der Waals surface area contributed by atoms with Crippen molar-refractivity contribution >= 4 is 5.82 Å². The van der Waals surface area contributed by atoms with Crippen LogP contribution >= 0.6 is 0 Å². The van der Waals surface area contributed by atoms with Gasteiger partial charge in [-0.05, 0) is 19.1 Å². The van der Waals surface area contributed by atoms with Crippen molar-refractivity contribution in [3.63, 3.8) is 0 Å². The fraction of sp³-hybridized carbons (Fsp3) is 0.529. The lowest BCUT2D eigenvalue weighted by Gasteiger charge is -2.48. The fourth-order valence-electron chi connectivity index (χ4n) is 3.47. The molecule has 0 atom stereocenters. The van der Waals surface area contributed by atoms with Gasteiger partial charge in [-0.25, -0.2) is 4.98 Å². The van der Waals surface area contributed by atoms with Crippen LogP contribution in [0.15, 0.2) is 35.1 Å². The Kier molecular flexibility index (Phi) is 4.01. The second-order valence-corrected chi connectivity index (χ2v) is 6.47. The summed E-state index contributed by atoms with van der Waals surface area (Å²) in [5.74, 6) is 2.04. The summed E-state index contributed by atoms with van der Waals surface area (Å²) in [6.07, 6.45) is 3.71. The molecule has 2 aliphatic heterocycles. The number of aromatic nitrogens is 2. The van der Waals surface area contributed by atoms with E-state index >= 15 is 0 Å². The lowest BCUT2D eigenvalue weighted by molar-refractivity contribution is 0.0253. The lowest BCUT2D eigenvalue weighted by Crippen LogP contribution is -2.62. The highest BCUT2D eigenvalue weighted by Crippen LogP contribution is 2.21. The van der Waals surface area contributed by atoms with Crippen molar-refractivity contribution in [3.8, 4) is 0 Å². The van der Waals surface area contributed by atoms with Crippen LogP contribution in [0.1, 0.15) is 11.3 Å². The van der Waals surface area contributed by atoms with Gasteiger partial charge in [-0.3, -0.25) is 9.80 Å². The van der Waals surface area contributed by atoms with E-state index in [2.05, 4.69) is 37.0 Å². The molecular weight excluding hydrogens is 290 g/mol. The van der Waals surface area contributed by atoms with Crippen molar-refractivity contribution in [2.45, 2.75) is 19.5 Å². The Morgan fingerprint density at radius 1 is 1.17 bits per heavy atom. The summed E-state index contributed by atoms with van der Waals surface area (Å²) in [7, 11) is 0. The Labute approximate surface area is 136 Å². The third-order valence-electron chi connectivity index (χ3n) is 4.99. The number of pyridine rings is 1. The monoisotopic (exact) mass is 313 g/mol. The molecule has 122 valence electrons. The second-order valence-electron chi connectivity index (χ2n) is 6.47. The van der Waals surface area contributed by atoms with E-state index in [4.69, 9.17) is 4.52 Å². The molecular formula is C17H23N5O. The molecule has 2 aromatic rings. The van der Waals surface area contributed by atoms with Crippen molar-refractivity contribution in [3.05, 3.63) is 41.9 Å². The van der Waals surface area contributed by atoms with Crippen LogP contribution < -0.4 is 4.90 Å². The van der Waals surface area contributed by atoms with Crippen molar-refractivity contribution in [2.75, 3.05) is 44.2 Å². The van der Waals surface area contributed by atoms with Gasteiger partial charge >= 0.3 is 0 Å². The Morgan fingerprint density at radius 2 is 2.00 bits per heavy atom. The van der Waals surface area contributed by atoms with E-state index < -0.39 is 0 Å². The van der Waals surface area contributed by atoms with Gasteiger partial charge in [0.15, 0.2) is 0 Å². The number of likely N-dealkylation sites (tertiary alicyclic amines) is 1. The molecule has 6 heteroatoms. The normalized spacial score (nSPS) is 20.7. The van der Waals surface area contributed by atoms with Crippen LogP contribution in [0.4, 0.5) is 5.82 Å². The Morgan fingerprint density at radius 3 is 2.65 bits per heavy atom. The summed E-state index contributed by atoms with van der Waals surface area (Å²) >= 11 is 0. The molecule has 0 bridgehead atoms. The van der Waals surface area contributed by atoms with Crippen LogP contribution in [-0.2, 0) is 6.54 Å². The van der Waals surface area contributed by atoms with Gasteiger partial charge in [0.2, 0.25) is 0 Å². The Balaban J connectivity index is 1.24. The number of aryl methyl sites for hydroxylation is 1. The first-order valence-electron chi connectivity index (χ1n) is 8.32. The van der Waals surface area contributed by atoms with E-state index in [1.165, 1.54) is 5.56 Å². The van der Waals surface area contributed by atoms with Crippen molar-refractivity contribution in [1.29, 1.82) is 0 Å². The quantitative estimate of drug-likeness (QED) is 0.850. The van der Waals surface area contributed by atoms with Gasteiger partial charge in [0.1, 0.15) is 11.6 Å². The van der Waals surface area contributed by atoms with Crippen molar-refractivity contribution in [2.24, 2.45) is 0 Å². The maximum atomic E-state index is 5.13. The molecule has 0 saturated carbocycles. The molecule has 0 radical (unpaired) electrons. The van der Waals surface area contributed by atoms with Crippen LogP contribution in [0.25, 0.3) is 0 Å². The zero-order chi connectivity index (χ0) is 15.6. The number of rotatable bonds is 4. The predicted octanol–water partition coefficient (Wildman–Crippen LogP) is 1.38. The van der Waals surface area contributed by atoms with Crippen LogP contribution in [-0.4, -0.2) is 65.3 Å². The van der Waals surface area contributed by atoms with Crippen molar-refractivity contribution in [1.82, 2.24) is 19.9 Å². The minimum atomic E-state index is 0.695. The van der Waals surface area contributed by atoms with Gasteiger partial charge in [-0.2, -0.15) is 0 Å². The standard InChI is InChI=1S/C17H23N5O/c1-14-15(10-19-23-14)11-20-12-16(13-20)21-6-8-22(9-7-21)17-4-2-3-5-18-17/h2-5,10,16H,6-9,11-13H2,1H3. The first kappa shape index (κ1) is 14.7. The highest BCUT2D eigenvalue weighted by atomic mass is 16.5. The summed E-state index contributed by atoms with van der Waals surface area (Å²) in [5.41, 5.74) is 1.21. The van der Waals surface area contributed by atoms with E-state index in [1.807, 2.05) is 25.4 Å². The van der Waals surface area contributed by atoms with Crippen LogP contribution in [0, 0.1) is 6.92 Å². The molecule has 4 heterocycles. The average Bonchev–Trinajstić information content (AvgIpc) is 2.97. The number of nitrogens with zero attached hydrogens (tertiary/aromatic N) is 5. The average molecular weight is 313 g/mol. The molecule has 0 spiro atoms. The summed E-state index contributed by atoms with van der Waals surface area (Å²) in [5, 5.41) is 3.86. The SMILES string of the molecule is Cc1oncc1CN1CC(N2CCN(c3ccccn3)CC2)C1. The van der Waals surface area contributed by atoms with Gasteiger partial charge in [0.25, 0.3) is 0 Å². The second kappa shape index (κ2) is 6.29. The maximum Gasteiger partial charge on any atom is 0.138 e. The zero-order valence-electron chi connectivity index (χ0n) is 13.6. The molecule has 4 rings (SSSR count). The molecule has 2 saturated heterocycles. The summed E-state index contributed by atoms with van der Waals surface area (Å²) in [6.45, 7) is 9.62. The zero-order valence-corrected chi connectivity index (χ0v) is 13.6. The Bertz CT molecular complexity index is 629. The topological polar surface area (TPSA) is 48.6 Å². The molecule has 6 nitrogen and oxygen atoms in total. The number of anilines is 1. The number of hydrogen-bond donors (Lipinski definition) is 0. The highest BCUT2D eigenvalue weighted by Gasteiger charge is 2.33. The van der Waals surface area contributed by atoms with Gasteiger partial charge in [0, 0.05) is 63.6 Å². The molecule has 2 fully saturated rings. The summed E-state index contributed by atoms with van der Waals surface area (Å²) in [6, 6.07) is 6.83. The molecule has 2 aliphatic rings. The molecule has 0 amide bonds. The maximum absolute atomic E-state index is 5.13. The van der Waals surface area contributed by atoms with Crippen LogP contribution in [0.3, 0.4) is 0 Å². The third kappa shape index (κ3) is 3.09. The van der Waals surface area contributed by atoms with E-state index in [0.717, 1.165) is 57.4 Å². The number of hydrogen-bond acceptors (Lipinski definition) is 6. The smallest absolute Gasteiger partial charge is 0.138 e. The molecule has 2 aromatic heterocycles. The van der Waals surface area contributed by atoms with E-state index in [1.54, 1.807) is 0 Å². The first-order chi connectivity index (χ1) is 11.3. The third-order valence-corrected chi connectivity index (χ3v) is 4.99.